The fraction of sp³-hybridized carbons (Fsp3) is 0.214. The molecule has 3 aromatic carbocycles. The Bertz CT molecular complexity index is 1370. The van der Waals surface area contributed by atoms with Crippen molar-refractivity contribution in [2.24, 2.45) is 5.92 Å². The van der Waals surface area contributed by atoms with Gasteiger partial charge in [-0.2, -0.15) is 0 Å². The van der Waals surface area contributed by atoms with Crippen molar-refractivity contribution in [2.75, 3.05) is 18.0 Å². The van der Waals surface area contributed by atoms with Crippen molar-refractivity contribution in [2.45, 2.75) is 19.4 Å². The summed E-state index contributed by atoms with van der Waals surface area (Å²) in [6.45, 7) is 1.67. The lowest BCUT2D eigenvalue weighted by molar-refractivity contribution is -0.142. The van der Waals surface area contributed by atoms with Crippen molar-refractivity contribution in [1.82, 2.24) is 4.98 Å². The Morgan fingerprint density at radius 3 is 2.53 bits per heavy atom. The monoisotopic (exact) mass is 522 g/mol. The number of anilines is 1. The molecule has 2 heterocycles. The number of piperidine rings is 1. The summed E-state index contributed by atoms with van der Waals surface area (Å²) in [7, 11) is 0. The highest BCUT2D eigenvalue weighted by molar-refractivity contribution is 7.14. The Kier molecular flexibility index (Phi) is 7.20. The second kappa shape index (κ2) is 10.7. The number of hydrogen-bond donors (Lipinski definition) is 1. The predicted octanol–water partition coefficient (Wildman–Crippen LogP) is 7.15. The van der Waals surface area contributed by atoms with E-state index in [4.69, 9.17) is 21.3 Å². The van der Waals surface area contributed by atoms with E-state index in [1.54, 1.807) is 23.5 Å². The molecule has 1 aromatic heterocycles. The molecule has 0 radical (unpaired) electrons. The number of thiazole rings is 1. The number of carboxylic acid groups (broad SMARTS) is 1. The van der Waals surface area contributed by atoms with E-state index in [9.17, 15) is 14.3 Å². The molecule has 0 bridgehead atoms. The highest BCUT2D eigenvalue weighted by Crippen LogP contribution is 2.35. The van der Waals surface area contributed by atoms with Crippen LogP contribution in [-0.4, -0.2) is 29.1 Å². The molecule has 0 unspecified atom stereocenters. The van der Waals surface area contributed by atoms with E-state index in [0.717, 1.165) is 33.1 Å². The number of benzene rings is 3. The van der Waals surface area contributed by atoms with Crippen LogP contribution in [0.4, 0.5) is 9.52 Å². The van der Waals surface area contributed by atoms with E-state index >= 15 is 0 Å². The zero-order chi connectivity index (χ0) is 25.1. The van der Waals surface area contributed by atoms with Crippen molar-refractivity contribution in [1.29, 1.82) is 0 Å². The summed E-state index contributed by atoms with van der Waals surface area (Å²) >= 11 is 8.10. The second-order valence-corrected chi connectivity index (χ2v) is 9.96. The number of carbonyl (C=O) groups is 1. The quantitative estimate of drug-likeness (QED) is 0.279. The van der Waals surface area contributed by atoms with Crippen LogP contribution < -0.4 is 9.64 Å². The van der Waals surface area contributed by atoms with Gasteiger partial charge in [-0.1, -0.05) is 48.0 Å². The van der Waals surface area contributed by atoms with Crippen LogP contribution in [0, 0.1) is 11.7 Å². The van der Waals surface area contributed by atoms with Crippen LogP contribution in [0.3, 0.4) is 0 Å². The SMILES string of the molecule is O=C(O)C1CCN(c2nc(-c3ccccc3OCc3ccc(-c4ccc(F)cc4)cc3Cl)cs2)CC1. The number of ether oxygens (including phenoxy) is 1. The average Bonchev–Trinajstić information content (AvgIpc) is 3.39. The second-order valence-electron chi connectivity index (χ2n) is 8.71. The zero-order valence-electron chi connectivity index (χ0n) is 19.4. The maximum absolute atomic E-state index is 13.2. The van der Waals surface area contributed by atoms with Crippen LogP contribution in [0.2, 0.25) is 5.02 Å². The van der Waals surface area contributed by atoms with E-state index in [0.29, 0.717) is 43.3 Å². The van der Waals surface area contributed by atoms with Gasteiger partial charge in [-0.15, -0.1) is 11.3 Å². The Morgan fingerprint density at radius 2 is 1.81 bits per heavy atom. The van der Waals surface area contributed by atoms with E-state index in [1.807, 2.05) is 47.8 Å². The molecule has 8 heteroatoms. The summed E-state index contributed by atoms with van der Waals surface area (Å²) < 4.78 is 19.4. The Balaban J connectivity index is 1.28. The molecule has 4 aromatic rings. The first kappa shape index (κ1) is 24.3. The van der Waals surface area contributed by atoms with Crippen LogP contribution in [0.25, 0.3) is 22.4 Å². The largest absolute Gasteiger partial charge is 0.488 e. The molecule has 0 aliphatic carbocycles. The summed E-state index contributed by atoms with van der Waals surface area (Å²) in [4.78, 5) is 18.2. The van der Waals surface area contributed by atoms with Gasteiger partial charge in [0.25, 0.3) is 0 Å². The third-order valence-corrected chi connectivity index (χ3v) is 7.64. The lowest BCUT2D eigenvalue weighted by Crippen LogP contribution is -2.36. The van der Waals surface area contributed by atoms with Crippen molar-refractivity contribution in [3.05, 3.63) is 88.5 Å². The van der Waals surface area contributed by atoms with Crippen molar-refractivity contribution in [3.8, 4) is 28.1 Å². The molecule has 1 saturated heterocycles. The fourth-order valence-electron chi connectivity index (χ4n) is 4.30. The van der Waals surface area contributed by atoms with Gasteiger partial charge >= 0.3 is 5.97 Å². The highest BCUT2D eigenvalue weighted by Gasteiger charge is 2.26. The van der Waals surface area contributed by atoms with Gasteiger partial charge in [0.2, 0.25) is 0 Å². The van der Waals surface area contributed by atoms with Gasteiger partial charge < -0.3 is 14.7 Å². The number of aromatic nitrogens is 1. The van der Waals surface area contributed by atoms with Crippen molar-refractivity contribution in [3.63, 3.8) is 0 Å². The average molecular weight is 523 g/mol. The van der Waals surface area contributed by atoms with Gasteiger partial charge in [0.05, 0.1) is 11.6 Å². The Labute approximate surface area is 217 Å². The van der Waals surface area contributed by atoms with Gasteiger partial charge in [-0.3, -0.25) is 4.79 Å². The minimum absolute atomic E-state index is 0.272. The summed E-state index contributed by atoms with van der Waals surface area (Å²) in [5.74, 6) is -0.557. The van der Waals surface area contributed by atoms with Crippen LogP contribution in [0.1, 0.15) is 18.4 Å². The highest BCUT2D eigenvalue weighted by atomic mass is 35.5. The third-order valence-electron chi connectivity index (χ3n) is 6.38. The Hall–Kier alpha value is -3.42. The molecule has 1 fully saturated rings. The smallest absolute Gasteiger partial charge is 0.306 e. The van der Waals surface area contributed by atoms with E-state index in [2.05, 4.69) is 4.90 Å². The first-order valence-corrected chi connectivity index (χ1v) is 12.9. The predicted molar refractivity (Wildman–Crippen MR) is 141 cm³/mol. The van der Waals surface area contributed by atoms with Gasteiger partial charge in [-0.25, -0.2) is 9.37 Å². The lowest BCUT2D eigenvalue weighted by atomic mass is 9.97. The Morgan fingerprint density at radius 1 is 1.08 bits per heavy atom. The molecule has 5 rings (SSSR count). The molecule has 1 aliphatic heterocycles. The topological polar surface area (TPSA) is 62.7 Å². The molecule has 0 saturated carbocycles. The van der Waals surface area contributed by atoms with Crippen molar-refractivity contribution < 1.29 is 19.0 Å². The van der Waals surface area contributed by atoms with Gasteiger partial charge in [0, 0.05) is 34.6 Å². The van der Waals surface area contributed by atoms with Crippen LogP contribution in [0.5, 0.6) is 5.75 Å². The first-order chi connectivity index (χ1) is 17.5. The number of nitrogens with zero attached hydrogens (tertiary/aromatic N) is 2. The van der Waals surface area contributed by atoms with E-state index in [1.165, 1.54) is 12.1 Å². The molecule has 0 spiro atoms. The van der Waals surface area contributed by atoms with Gasteiger partial charge in [0.1, 0.15) is 18.2 Å². The zero-order valence-corrected chi connectivity index (χ0v) is 20.9. The van der Waals surface area contributed by atoms with Crippen LogP contribution in [-0.2, 0) is 11.4 Å². The molecule has 36 heavy (non-hydrogen) atoms. The standard InChI is InChI=1S/C28H24ClFN2O3S/c29-24-15-20(18-7-9-22(30)10-8-18)5-6-21(24)16-35-26-4-2-1-3-23(26)25-17-36-28(31-25)32-13-11-19(12-14-32)27(33)34/h1-10,15,17,19H,11-14,16H2,(H,33,34). The number of carboxylic acids is 1. The minimum Gasteiger partial charge on any atom is -0.488 e. The molecule has 5 nitrogen and oxygen atoms in total. The number of para-hydroxylation sites is 1. The molecule has 1 N–H and O–H groups in total. The van der Waals surface area contributed by atoms with Crippen LogP contribution >= 0.6 is 22.9 Å². The number of halogens is 2. The molecule has 0 atom stereocenters. The minimum atomic E-state index is -0.717. The maximum atomic E-state index is 13.2. The van der Waals surface area contributed by atoms with Crippen molar-refractivity contribution >= 4 is 34.0 Å². The third kappa shape index (κ3) is 5.37. The molecule has 184 valence electrons. The summed E-state index contributed by atoms with van der Waals surface area (Å²) in [6.07, 6.45) is 1.26. The summed E-state index contributed by atoms with van der Waals surface area (Å²) in [5, 5.41) is 12.7. The van der Waals surface area contributed by atoms with E-state index < -0.39 is 5.97 Å². The lowest BCUT2D eigenvalue weighted by Gasteiger charge is -2.29. The first-order valence-electron chi connectivity index (χ1n) is 11.7. The maximum Gasteiger partial charge on any atom is 0.306 e. The molecular formula is C28H24ClFN2O3S. The fourth-order valence-corrected chi connectivity index (χ4v) is 5.41. The molecule has 1 aliphatic rings. The summed E-state index contributed by atoms with van der Waals surface area (Å²) in [6, 6.07) is 19.8. The van der Waals surface area contributed by atoms with E-state index in [-0.39, 0.29) is 11.7 Å². The number of aliphatic carboxylic acids is 1. The molecular weight excluding hydrogens is 499 g/mol. The van der Waals surface area contributed by atoms with Gasteiger partial charge in [-0.05, 0) is 54.3 Å². The number of rotatable bonds is 7. The summed E-state index contributed by atoms with van der Waals surface area (Å²) in [5.41, 5.74) is 4.36. The van der Waals surface area contributed by atoms with Gasteiger partial charge in [0.15, 0.2) is 5.13 Å². The molecule has 0 amide bonds. The number of hydrogen-bond acceptors (Lipinski definition) is 5. The normalized spacial score (nSPS) is 14.1. The van der Waals surface area contributed by atoms with Crippen LogP contribution in [0.15, 0.2) is 72.1 Å².